The standard InChI is InChI=1S/C16H15ClN2O3/c1-11-2-8-14(9-3-11)22-10-15(20)18-19-16(21)12-4-6-13(17)7-5-12/h2-9H,10H2,1H3,(H,18,20)(H,19,21). The van der Waals surface area contributed by atoms with Crippen LogP contribution in [0.2, 0.25) is 5.02 Å². The zero-order chi connectivity index (χ0) is 15.9. The van der Waals surface area contributed by atoms with Crippen molar-refractivity contribution in [3.8, 4) is 5.75 Å². The monoisotopic (exact) mass is 318 g/mol. The summed E-state index contributed by atoms with van der Waals surface area (Å²) in [6.45, 7) is 1.77. The Labute approximate surface area is 133 Å². The summed E-state index contributed by atoms with van der Waals surface area (Å²) in [5, 5.41) is 0.534. The van der Waals surface area contributed by atoms with Gasteiger partial charge in [0.15, 0.2) is 6.61 Å². The van der Waals surface area contributed by atoms with Gasteiger partial charge in [-0.1, -0.05) is 29.3 Å². The van der Waals surface area contributed by atoms with E-state index in [4.69, 9.17) is 16.3 Å². The molecule has 0 aromatic heterocycles. The zero-order valence-corrected chi connectivity index (χ0v) is 12.7. The topological polar surface area (TPSA) is 67.4 Å². The smallest absolute Gasteiger partial charge is 0.276 e. The van der Waals surface area contributed by atoms with Crippen LogP contribution in [-0.2, 0) is 4.79 Å². The Morgan fingerprint density at radius 2 is 1.64 bits per heavy atom. The number of hydrogen-bond donors (Lipinski definition) is 2. The van der Waals surface area contributed by atoms with Crippen LogP contribution in [0.25, 0.3) is 0 Å². The van der Waals surface area contributed by atoms with E-state index in [0.717, 1.165) is 5.56 Å². The number of hydrazine groups is 1. The maximum absolute atomic E-state index is 11.8. The molecule has 2 amide bonds. The summed E-state index contributed by atoms with van der Waals surface area (Å²) in [5.41, 5.74) is 6.08. The third-order valence-electron chi connectivity index (χ3n) is 2.81. The van der Waals surface area contributed by atoms with Gasteiger partial charge in [-0.2, -0.15) is 0 Å². The molecule has 114 valence electrons. The van der Waals surface area contributed by atoms with Crippen LogP contribution in [0.15, 0.2) is 48.5 Å². The number of hydrogen-bond acceptors (Lipinski definition) is 3. The molecular formula is C16H15ClN2O3. The van der Waals surface area contributed by atoms with Crippen LogP contribution >= 0.6 is 11.6 Å². The minimum atomic E-state index is -0.456. The largest absolute Gasteiger partial charge is 0.484 e. The van der Waals surface area contributed by atoms with Gasteiger partial charge in [-0.25, -0.2) is 0 Å². The Bertz CT molecular complexity index is 654. The van der Waals surface area contributed by atoms with E-state index in [1.165, 1.54) is 0 Å². The number of nitrogens with one attached hydrogen (secondary N) is 2. The third-order valence-corrected chi connectivity index (χ3v) is 3.06. The third kappa shape index (κ3) is 4.79. The molecule has 0 saturated carbocycles. The minimum Gasteiger partial charge on any atom is -0.484 e. The fraction of sp³-hybridized carbons (Fsp3) is 0.125. The molecule has 0 aliphatic heterocycles. The van der Waals surface area contributed by atoms with Gasteiger partial charge in [0, 0.05) is 10.6 Å². The Morgan fingerprint density at radius 1 is 1.00 bits per heavy atom. The predicted octanol–water partition coefficient (Wildman–Crippen LogP) is 2.49. The second kappa shape index (κ2) is 7.47. The number of benzene rings is 2. The number of carbonyl (C=O) groups is 2. The minimum absolute atomic E-state index is 0.191. The van der Waals surface area contributed by atoms with Crippen LogP contribution in [0.5, 0.6) is 5.75 Å². The van der Waals surface area contributed by atoms with E-state index in [1.807, 2.05) is 19.1 Å². The van der Waals surface area contributed by atoms with E-state index in [0.29, 0.717) is 16.3 Å². The second-order valence-electron chi connectivity index (χ2n) is 4.61. The summed E-state index contributed by atoms with van der Waals surface area (Å²) >= 11 is 5.74. The Hall–Kier alpha value is -2.53. The lowest BCUT2D eigenvalue weighted by molar-refractivity contribution is -0.123. The first kappa shape index (κ1) is 15.9. The maximum Gasteiger partial charge on any atom is 0.276 e. The van der Waals surface area contributed by atoms with Crippen molar-refractivity contribution in [2.45, 2.75) is 6.92 Å². The van der Waals surface area contributed by atoms with Gasteiger partial charge in [-0.05, 0) is 43.3 Å². The summed E-state index contributed by atoms with van der Waals surface area (Å²) in [7, 11) is 0. The van der Waals surface area contributed by atoms with Gasteiger partial charge in [0.05, 0.1) is 0 Å². The average molecular weight is 319 g/mol. The number of amides is 2. The molecular weight excluding hydrogens is 304 g/mol. The van der Waals surface area contributed by atoms with Crippen molar-refractivity contribution in [2.75, 3.05) is 6.61 Å². The van der Waals surface area contributed by atoms with Gasteiger partial charge >= 0.3 is 0 Å². The molecule has 6 heteroatoms. The lowest BCUT2D eigenvalue weighted by atomic mass is 10.2. The summed E-state index contributed by atoms with van der Waals surface area (Å²) < 4.78 is 5.30. The average Bonchev–Trinajstić information content (AvgIpc) is 2.52. The summed E-state index contributed by atoms with van der Waals surface area (Å²) in [5.74, 6) is -0.298. The van der Waals surface area contributed by atoms with Gasteiger partial charge in [0.2, 0.25) is 0 Å². The molecule has 5 nitrogen and oxygen atoms in total. The predicted molar refractivity (Wildman–Crippen MR) is 83.7 cm³/mol. The summed E-state index contributed by atoms with van der Waals surface area (Å²) in [6, 6.07) is 13.6. The number of carbonyl (C=O) groups excluding carboxylic acids is 2. The van der Waals surface area contributed by atoms with Crippen molar-refractivity contribution < 1.29 is 14.3 Å². The lowest BCUT2D eigenvalue weighted by Gasteiger charge is -2.09. The van der Waals surface area contributed by atoms with Crippen molar-refractivity contribution in [3.63, 3.8) is 0 Å². The molecule has 0 heterocycles. The van der Waals surface area contributed by atoms with Crippen molar-refractivity contribution in [2.24, 2.45) is 0 Å². The van der Waals surface area contributed by atoms with E-state index >= 15 is 0 Å². The Balaban J connectivity index is 1.76. The normalized spacial score (nSPS) is 9.91. The first-order chi connectivity index (χ1) is 10.5. The van der Waals surface area contributed by atoms with E-state index in [9.17, 15) is 9.59 Å². The van der Waals surface area contributed by atoms with Crippen LogP contribution in [0.4, 0.5) is 0 Å². The molecule has 2 N–H and O–H groups in total. The molecule has 2 aromatic carbocycles. The quantitative estimate of drug-likeness (QED) is 0.851. The molecule has 0 spiro atoms. The molecule has 2 rings (SSSR count). The molecule has 0 aliphatic rings. The van der Waals surface area contributed by atoms with Crippen molar-refractivity contribution >= 4 is 23.4 Å². The molecule has 0 bridgehead atoms. The van der Waals surface area contributed by atoms with E-state index in [2.05, 4.69) is 10.9 Å². The molecule has 0 fully saturated rings. The maximum atomic E-state index is 11.8. The molecule has 22 heavy (non-hydrogen) atoms. The highest BCUT2D eigenvalue weighted by Crippen LogP contribution is 2.11. The van der Waals surface area contributed by atoms with Crippen LogP contribution in [0.3, 0.4) is 0 Å². The lowest BCUT2D eigenvalue weighted by Crippen LogP contribution is -2.43. The molecule has 0 radical (unpaired) electrons. The van der Waals surface area contributed by atoms with Crippen molar-refractivity contribution in [3.05, 3.63) is 64.7 Å². The van der Waals surface area contributed by atoms with Gasteiger partial charge < -0.3 is 4.74 Å². The van der Waals surface area contributed by atoms with Crippen LogP contribution in [-0.4, -0.2) is 18.4 Å². The van der Waals surface area contributed by atoms with Gasteiger partial charge in [0.25, 0.3) is 11.8 Å². The first-order valence-electron chi connectivity index (χ1n) is 6.59. The summed E-state index contributed by atoms with van der Waals surface area (Å²) in [4.78, 5) is 23.4. The van der Waals surface area contributed by atoms with Gasteiger partial charge in [-0.15, -0.1) is 0 Å². The molecule has 0 atom stereocenters. The fourth-order valence-corrected chi connectivity index (χ4v) is 1.75. The second-order valence-corrected chi connectivity index (χ2v) is 5.05. The molecule has 0 saturated heterocycles. The summed E-state index contributed by atoms with van der Waals surface area (Å²) in [6.07, 6.45) is 0. The Kier molecular flexibility index (Phi) is 5.38. The highest BCUT2D eigenvalue weighted by molar-refractivity contribution is 6.30. The van der Waals surface area contributed by atoms with Crippen LogP contribution < -0.4 is 15.6 Å². The van der Waals surface area contributed by atoms with E-state index in [-0.39, 0.29) is 6.61 Å². The molecule has 2 aromatic rings. The van der Waals surface area contributed by atoms with Crippen molar-refractivity contribution in [1.82, 2.24) is 10.9 Å². The van der Waals surface area contributed by atoms with Crippen LogP contribution in [0.1, 0.15) is 15.9 Å². The van der Waals surface area contributed by atoms with Gasteiger partial charge in [-0.3, -0.25) is 20.4 Å². The number of aryl methyl sites for hydroxylation is 1. The molecule has 0 unspecified atom stereocenters. The number of rotatable bonds is 4. The highest BCUT2D eigenvalue weighted by atomic mass is 35.5. The van der Waals surface area contributed by atoms with Crippen LogP contribution in [0, 0.1) is 6.92 Å². The first-order valence-corrected chi connectivity index (χ1v) is 6.96. The number of halogens is 1. The Morgan fingerprint density at radius 3 is 2.27 bits per heavy atom. The van der Waals surface area contributed by atoms with Crippen molar-refractivity contribution in [1.29, 1.82) is 0 Å². The fourth-order valence-electron chi connectivity index (χ4n) is 1.62. The highest BCUT2D eigenvalue weighted by Gasteiger charge is 2.07. The van der Waals surface area contributed by atoms with Gasteiger partial charge in [0.1, 0.15) is 5.75 Å². The number of ether oxygens (including phenoxy) is 1. The molecule has 0 aliphatic carbocycles. The van der Waals surface area contributed by atoms with E-state index < -0.39 is 11.8 Å². The zero-order valence-electron chi connectivity index (χ0n) is 11.9. The van der Waals surface area contributed by atoms with E-state index in [1.54, 1.807) is 36.4 Å². The SMILES string of the molecule is Cc1ccc(OCC(=O)NNC(=O)c2ccc(Cl)cc2)cc1.